The Morgan fingerprint density at radius 1 is 1.06 bits per heavy atom. The third-order valence-corrected chi connectivity index (χ3v) is 5.29. The summed E-state index contributed by atoms with van der Waals surface area (Å²) in [6.07, 6.45) is 8.39. The zero-order valence-corrected chi connectivity index (χ0v) is 11.2. The van der Waals surface area contributed by atoms with Gasteiger partial charge in [0.15, 0.2) is 0 Å². The molecule has 1 aromatic rings. The van der Waals surface area contributed by atoms with Crippen LogP contribution in [0.1, 0.15) is 50.7 Å². The number of hydrogen-bond acceptors (Lipinski definition) is 0. The number of aryl methyl sites for hydroxylation is 1. The maximum absolute atomic E-state index is 2.50. The summed E-state index contributed by atoms with van der Waals surface area (Å²) in [5.74, 6) is 1.89. The quantitative estimate of drug-likeness (QED) is 0.608. The monoisotopic (exact) mass is 228 g/mol. The molecule has 1 fully saturated rings. The van der Waals surface area contributed by atoms with Crippen LogP contribution in [0.15, 0.2) is 24.3 Å². The van der Waals surface area contributed by atoms with Gasteiger partial charge in [-0.3, -0.25) is 0 Å². The summed E-state index contributed by atoms with van der Waals surface area (Å²) < 4.78 is 0. The Kier molecular flexibility index (Phi) is 2.77. The molecule has 0 radical (unpaired) electrons. The lowest BCUT2D eigenvalue weighted by molar-refractivity contribution is 0.0705. The average molecular weight is 228 g/mol. The van der Waals surface area contributed by atoms with Crippen molar-refractivity contribution in [2.75, 3.05) is 0 Å². The van der Waals surface area contributed by atoms with E-state index in [4.69, 9.17) is 0 Å². The average Bonchev–Trinajstić information content (AvgIpc) is 2.48. The number of fused-ring (bicyclic) bond motifs is 2. The minimum absolute atomic E-state index is 0.574. The molecule has 0 N–H and O–H groups in total. The predicted octanol–water partition coefficient (Wildman–Crippen LogP) is 4.62. The molecule has 2 aliphatic rings. The van der Waals surface area contributed by atoms with Crippen molar-refractivity contribution in [3.8, 4) is 0 Å². The molecule has 17 heavy (non-hydrogen) atoms. The summed E-state index contributed by atoms with van der Waals surface area (Å²) in [7, 11) is 0. The molecule has 0 aromatic heterocycles. The van der Waals surface area contributed by atoms with Crippen LogP contribution in [0.25, 0.3) is 0 Å². The molecular weight excluding hydrogens is 204 g/mol. The maximum atomic E-state index is 2.50. The van der Waals surface area contributed by atoms with Gasteiger partial charge in [0.1, 0.15) is 0 Å². The van der Waals surface area contributed by atoms with Gasteiger partial charge < -0.3 is 0 Å². The van der Waals surface area contributed by atoms with E-state index in [0.29, 0.717) is 5.41 Å². The molecule has 1 saturated carbocycles. The Bertz CT molecular complexity index is 402. The molecule has 0 heteroatoms. The second-order valence-corrected chi connectivity index (χ2v) is 6.76. The van der Waals surface area contributed by atoms with Crippen LogP contribution in [0.2, 0.25) is 0 Å². The largest absolute Gasteiger partial charge is 0.0620 e. The first-order valence-electron chi connectivity index (χ1n) is 7.23. The Balaban J connectivity index is 1.91. The van der Waals surface area contributed by atoms with Crippen LogP contribution in [0, 0.1) is 17.3 Å². The second kappa shape index (κ2) is 4.15. The van der Waals surface area contributed by atoms with Crippen LogP contribution in [0.5, 0.6) is 0 Å². The first-order valence-corrected chi connectivity index (χ1v) is 7.23. The Morgan fingerprint density at radius 2 is 1.82 bits per heavy atom. The third-order valence-electron chi connectivity index (χ3n) is 5.29. The van der Waals surface area contributed by atoms with E-state index in [0.717, 1.165) is 11.8 Å². The van der Waals surface area contributed by atoms with Gasteiger partial charge in [-0.1, -0.05) is 44.5 Å². The molecule has 1 aromatic carbocycles. The van der Waals surface area contributed by atoms with Crippen LogP contribution in [-0.4, -0.2) is 0 Å². The Morgan fingerprint density at radius 3 is 2.65 bits per heavy atom. The molecule has 2 aliphatic carbocycles. The molecule has 0 bridgehead atoms. The maximum Gasteiger partial charge on any atom is -0.0245 e. The Labute approximate surface area is 105 Å². The summed E-state index contributed by atoms with van der Waals surface area (Å²) in [4.78, 5) is 0. The van der Waals surface area contributed by atoms with Crippen molar-refractivity contribution in [3.05, 3.63) is 35.4 Å². The Hall–Kier alpha value is -0.780. The fourth-order valence-corrected chi connectivity index (χ4v) is 4.31. The van der Waals surface area contributed by atoms with Crippen LogP contribution >= 0.6 is 0 Å². The molecule has 2 atom stereocenters. The standard InChI is InChI=1S/C17H24/c1-17(2)11-5-8-15-12-14-7-4-3-6-13(14)9-10-16(15)17/h3-4,6-7,15-16H,5,8-12H2,1-2H3/t15-,16-/m0/s1. The summed E-state index contributed by atoms with van der Waals surface area (Å²) in [6, 6.07) is 9.13. The van der Waals surface area contributed by atoms with Crippen molar-refractivity contribution in [2.45, 2.75) is 52.4 Å². The van der Waals surface area contributed by atoms with E-state index in [1.165, 1.54) is 38.5 Å². The van der Waals surface area contributed by atoms with Gasteiger partial charge >= 0.3 is 0 Å². The zero-order chi connectivity index (χ0) is 11.9. The number of hydrogen-bond donors (Lipinski definition) is 0. The third kappa shape index (κ3) is 2.03. The molecule has 0 nitrogen and oxygen atoms in total. The number of rotatable bonds is 0. The smallest absolute Gasteiger partial charge is 0.0245 e. The second-order valence-electron chi connectivity index (χ2n) is 6.76. The van der Waals surface area contributed by atoms with Gasteiger partial charge in [0.25, 0.3) is 0 Å². The first kappa shape index (κ1) is 11.3. The van der Waals surface area contributed by atoms with Gasteiger partial charge in [0, 0.05) is 0 Å². The number of benzene rings is 1. The first-order chi connectivity index (χ1) is 8.17. The van der Waals surface area contributed by atoms with Crippen molar-refractivity contribution in [1.82, 2.24) is 0 Å². The molecule has 3 rings (SSSR count). The van der Waals surface area contributed by atoms with Gasteiger partial charge in [-0.25, -0.2) is 0 Å². The van der Waals surface area contributed by atoms with Gasteiger partial charge in [-0.2, -0.15) is 0 Å². The highest BCUT2D eigenvalue weighted by atomic mass is 14.4. The highest BCUT2D eigenvalue weighted by Crippen LogP contribution is 2.48. The molecule has 0 heterocycles. The van der Waals surface area contributed by atoms with E-state index in [-0.39, 0.29) is 0 Å². The lowest BCUT2D eigenvalue weighted by atomic mass is 9.62. The highest BCUT2D eigenvalue weighted by molar-refractivity contribution is 5.29. The van der Waals surface area contributed by atoms with Gasteiger partial charge in [0.05, 0.1) is 0 Å². The van der Waals surface area contributed by atoms with E-state index in [1.807, 2.05) is 0 Å². The fraction of sp³-hybridized carbons (Fsp3) is 0.647. The van der Waals surface area contributed by atoms with Crippen molar-refractivity contribution < 1.29 is 0 Å². The van der Waals surface area contributed by atoms with Crippen molar-refractivity contribution in [2.24, 2.45) is 17.3 Å². The van der Waals surface area contributed by atoms with Crippen LogP contribution in [-0.2, 0) is 12.8 Å². The molecular formula is C17H24. The molecule has 0 saturated heterocycles. The highest BCUT2D eigenvalue weighted by Gasteiger charge is 2.39. The topological polar surface area (TPSA) is 0 Å². The zero-order valence-electron chi connectivity index (χ0n) is 11.2. The molecule has 0 aliphatic heterocycles. The normalized spacial score (nSPS) is 31.2. The van der Waals surface area contributed by atoms with Crippen LogP contribution in [0.4, 0.5) is 0 Å². The summed E-state index contributed by atoms with van der Waals surface area (Å²) in [5, 5.41) is 0. The molecule has 0 unspecified atom stereocenters. The van der Waals surface area contributed by atoms with E-state index in [2.05, 4.69) is 38.1 Å². The summed E-state index contributed by atoms with van der Waals surface area (Å²) in [6.45, 7) is 5.00. The lowest BCUT2D eigenvalue weighted by Gasteiger charge is -2.43. The van der Waals surface area contributed by atoms with E-state index in [1.54, 1.807) is 11.1 Å². The predicted molar refractivity (Wildman–Crippen MR) is 73.1 cm³/mol. The van der Waals surface area contributed by atoms with Gasteiger partial charge in [0.2, 0.25) is 0 Å². The summed E-state index contributed by atoms with van der Waals surface area (Å²) in [5.41, 5.74) is 3.83. The molecule has 0 amide bonds. The van der Waals surface area contributed by atoms with Crippen LogP contribution < -0.4 is 0 Å². The van der Waals surface area contributed by atoms with Crippen molar-refractivity contribution >= 4 is 0 Å². The van der Waals surface area contributed by atoms with Crippen molar-refractivity contribution in [1.29, 1.82) is 0 Å². The van der Waals surface area contributed by atoms with E-state index < -0.39 is 0 Å². The SMILES string of the molecule is CC1(C)CCC[C@H]2Cc3ccccc3CC[C@@H]21. The van der Waals surface area contributed by atoms with Gasteiger partial charge in [-0.15, -0.1) is 0 Å². The van der Waals surface area contributed by atoms with Crippen LogP contribution in [0.3, 0.4) is 0 Å². The minimum Gasteiger partial charge on any atom is -0.0620 e. The molecule has 92 valence electrons. The lowest BCUT2D eigenvalue weighted by Crippen LogP contribution is -2.35. The molecule has 0 spiro atoms. The summed E-state index contributed by atoms with van der Waals surface area (Å²) >= 11 is 0. The van der Waals surface area contributed by atoms with Crippen molar-refractivity contribution in [3.63, 3.8) is 0 Å². The van der Waals surface area contributed by atoms with Gasteiger partial charge in [-0.05, 0) is 60.5 Å². The fourth-order valence-electron chi connectivity index (χ4n) is 4.31. The minimum atomic E-state index is 0.574. The van der Waals surface area contributed by atoms with E-state index in [9.17, 15) is 0 Å². The van der Waals surface area contributed by atoms with E-state index >= 15 is 0 Å².